The van der Waals surface area contributed by atoms with E-state index in [0.29, 0.717) is 31.9 Å². The van der Waals surface area contributed by atoms with Crippen molar-refractivity contribution in [3.63, 3.8) is 0 Å². The number of amides is 1. The van der Waals surface area contributed by atoms with Gasteiger partial charge in [-0.05, 0) is 24.6 Å². The number of carbonyl (C=O) groups excluding carboxylic acids is 1. The van der Waals surface area contributed by atoms with Crippen molar-refractivity contribution < 1.29 is 17.9 Å². The normalized spacial score (nSPS) is 16.2. The van der Waals surface area contributed by atoms with Crippen molar-refractivity contribution in [1.29, 1.82) is 0 Å². The lowest BCUT2D eigenvalue weighted by Gasteiger charge is -2.27. The SMILES string of the molecule is Cc1cc(C(=O)N2CCOCC2)cc(S(N)(=O)=O)c1Cl. The molecule has 1 amide bonds. The predicted octanol–water partition coefficient (Wildman–Crippen LogP) is 0.768. The molecule has 1 saturated heterocycles. The van der Waals surface area contributed by atoms with Gasteiger partial charge in [0.25, 0.3) is 5.91 Å². The second-order valence-corrected chi connectivity index (χ2v) is 6.46. The molecular formula is C12H15ClN2O4S. The first kappa shape index (κ1) is 15.2. The molecule has 2 N–H and O–H groups in total. The van der Waals surface area contributed by atoms with Gasteiger partial charge in [0.1, 0.15) is 4.90 Å². The van der Waals surface area contributed by atoms with E-state index in [0.717, 1.165) is 0 Å². The Bertz CT molecular complexity index is 639. The van der Waals surface area contributed by atoms with Crippen molar-refractivity contribution in [2.75, 3.05) is 26.3 Å². The number of hydrogen-bond donors (Lipinski definition) is 1. The highest BCUT2D eigenvalue weighted by Crippen LogP contribution is 2.26. The molecule has 1 fully saturated rings. The summed E-state index contributed by atoms with van der Waals surface area (Å²) in [5.74, 6) is -0.252. The Hall–Kier alpha value is -1.15. The molecule has 1 aromatic rings. The molecule has 0 radical (unpaired) electrons. The van der Waals surface area contributed by atoms with Gasteiger partial charge in [0.2, 0.25) is 10.0 Å². The van der Waals surface area contributed by atoms with E-state index in [2.05, 4.69) is 0 Å². The van der Waals surface area contributed by atoms with Gasteiger partial charge in [-0.3, -0.25) is 4.79 Å². The lowest BCUT2D eigenvalue weighted by molar-refractivity contribution is 0.0302. The van der Waals surface area contributed by atoms with Crippen molar-refractivity contribution >= 4 is 27.5 Å². The topological polar surface area (TPSA) is 89.7 Å². The maximum Gasteiger partial charge on any atom is 0.254 e. The molecule has 0 aliphatic carbocycles. The third-order valence-corrected chi connectivity index (χ3v) is 4.62. The molecule has 2 rings (SSSR count). The summed E-state index contributed by atoms with van der Waals surface area (Å²) in [4.78, 5) is 13.7. The van der Waals surface area contributed by atoms with Gasteiger partial charge in [-0.1, -0.05) is 11.6 Å². The van der Waals surface area contributed by atoms with Crippen molar-refractivity contribution in [1.82, 2.24) is 4.90 Å². The van der Waals surface area contributed by atoms with Crippen molar-refractivity contribution in [3.05, 3.63) is 28.3 Å². The summed E-state index contributed by atoms with van der Waals surface area (Å²) >= 11 is 5.94. The molecule has 20 heavy (non-hydrogen) atoms. The smallest absolute Gasteiger partial charge is 0.254 e. The van der Waals surface area contributed by atoms with Crippen LogP contribution in [0.15, 0.2) is 17.0 Å². The monoisotopic (exact) mass is 318 g/mol. The standard InChI is InChI=1S/C12H15ClN2O4S/c1-8-6-9(7-10(11(8)13)20(14,17)18)12(16)15-2-4-19-5-3-15/h6-7H,2-5H2,1H3,(H2,14,17,18). The van der Waals surface area contributed by atoms with Crippen molar-refractivity contribution in [2.45, 2.75) is 11.8 Å². The summed E-state index contributed by atoms with van der Waals surface area (Å²) in [7, 11) is -3.97. The van der Waals surface area contributed by atoms with Crippen LogP contribution in [0.5, 0.6) is 0 Å². The average molecular weight is 319 g/mol. The highest BCUT2D eigenvalue weighted by atomic mass is 35.5. The highest BCUT2D eigenvalue weighted by molar-refractivity contribution is 7.89. The van der Waals surface area contributed by atoms with E-state index in [1.165, 1.54) is 6.07 Å². The van der Waals surface area contributed by atoms with Gasteiger partial charge in [-0.15, -0.1) is 0 Å². The fraction of sp³-hybridized carbons (Fsp3) is 0.417. The number of halogens is 1. The van der Waals surface area contributed by atoms with E-state index in [1.54, 1.807) is 17.9 Å². The molecular weight excluding hydrogens is 304 g/mol. The summed E-state index contributed by atoms with van der Waals surface area (Å²) < 4.78 is 28.2. The minimum atomic E-state index is -3.97. The maximum absolute atomic E-state index is 12.3. The van der Waals surface area contributed by atoms with Gasteiger partial charge in [-0.25, -0.2) is 13.6 Å². The van der Waals surface area contributed by atoms with E-state index >= 15 is 0 Å². The number of aryl methyl sites for hydroxylation is 1. The third-order valence-electron chi connectivity index (χ3n) is 3.07. The fourth-order valence-corrected chi connectivity index (χ4v) is 3.15. The Morgan fingerprint density at radius 1 is 1.35 bits per heavy atom. The molecule has 0 saturated carbocycles. The minimum absolute atomic E-state index is 0.0472. The third kappa shape index (κ3) is 3.12. The molecule has 0 unspecified atom stereocenters. The summed E-state index contributed by atoms with van der Waals surface area (Å²) in [5.41, 5.74) is 0.757. The highest BCUT2D eigenvalue weighted by Gasteiger charge is 2.23. The van der Waals surface area contributed by atoms with Crippen LogP contribution in [-0.2, 0) is 14.8 Å². The first-order chi connectivity index (χ1) is 9.30. The average Bonchev–Trinajstić information content (AvgIpc) is 2.40. The number of nitrogens with two attached hydrogens (primary N) is 1. The van der Waals surface area contributed by atoms with Crippen LogP contribution in [0.3, 0.4) is 0 Å². The summed E-state index contributed by atoms with van der Waals surface area (Å²) in [6, 6.07) is 2.79. The van der Waals surface area contributed by atoms with E-state index < -0.39 is 10.0 Å². The molecule has 1 aliphatic heterocycles. The lowest BCUT2D eigenvalue weighted by atomic mass is 10.1. The number of carbonyl (C=O) groups is 1. The van der Waals surface area contributed by atoms with Gasteiger partial charge in [0.05, 0.1) is 18.2 Å². The number of morpholine rings is 1. The van der Waals surface area contributed by atoms with E-state index in [9.17, 15) is 13.2 Å². The maximum atomic E-state index is 12.3. The Morgan fingerprint density at radius 2 is 1.95 bits per heavy atom. The van der Waals surface area contributed by atoms with Crippen LogP contribution in [0.1, 0.15) is 15.9 Å². The van der Waals surface area contributed by atoms with Gasteiger partial charge in [-0.2, -0.15) is 0 Å². The molecule has 1 aromatic carbocycles. The summed E-state index contributed by atoms with van der Waals surface area (Å²) in [6.45, 7) is 3.53. The molecule has 6 nitrogen and oxygen atoms in total. The number of nitrogens with zero attached hydrogens (tertiary/aromatic N) is 1. The van der Waals surface area contributed by atoms with Crippen LogP contribution in [0, 0.1) is 6.92 Å². The zero-order valence-electron chi connectivity index (χ0n) is 10.9. The van der Waals surface area contributed by atoms with Crippen LogP contribution in [0.25, 0.3) is 0 Å². The van der Waals surface area contributed by atoms with Crippen LogP contribution >= 0.6 is 11.6 Å². The lowest BCUT2D eigenvalue weighted by Crippen LogP contribution is -2.40. The Balaban J connectivity index is 2.42. The molecule has 0 atom stereocenters. The van der Waals surface area contributed by atoms with Crippen molar-refractivity contribution in [3.8, 4) is 0 Å². The van der Waals surface area contributed by atoms with E-state index in [4.69, 9.17) is 21.5 Å². The largest absolute Gasteiger partial charge is 0.378 e. The molecule has 0 aromatic heterocycles. The first-order valence-corrected chi connectivity index (χ1v) is 7.93. The Morgan fingerprint density at radius 3 is 2.50 bits per heavy atom. The summed E-state index contributed by atoms with van der Waals surface area (Å²) in [5, 5.41) is 5.16. The number of ether oxygens (including phenoxy) is 1. The quantitative estimate of drug-likeness (QED) is 0.872. The van der Waals surface area contributed by atoms with Crippen LogP contribution in [-0.4, -0.2) is 45.5 Å². The fourth-order valence-electron chi connectivity index (χ4n) is 2.02. The predicted molar refractivity (Wildman–Crippen MR) is 74.3 cm³/mol. The minimum Gasteiger partial charge on any atom is -0.378 e. The number of benzene rings is 1. The van der Waals surface area contributed by atoms with Gasteiger partial charge in [0.15, 0.2) is 0 Å². The van der Waals surface area contributed by atoms with Crippen LogP contribution < -0.4 is 5.14 Å². The zero-order chi connectivity index (χ0) is 14.9. The first-order valence-electron chi connectivity index (χ1n) is 6.00. The van der Waals surface area contributed by atoms with Crippen LogP contribution in [0.4, 0.5) is 0 Å². The van der Waals surface area contributed by atoms with E-state index in [-0.39, 0.29) is 21.4 Å². The molecule has 0 bridgehead atoms. The number of sulfonamides is 1. The molecule has 110 valence electrons. The number of primary sulfonamides is 1. The van der Waals surface area contributed by atoms with Gasteiger partial charge in [0, 0.05) is 18.7 Å². The molecule has 8 heteroatoms. The second-order valence-electron chi connectivity index (χ2n) is 4.55. The summed E-state index contributed by atoms with van der Waals surface area (Å²) in [6.07, 6.45) is 0. The van der Waals surface area contributed by atoms with Crippen LogP contribution in [0.2, 0.25) is 5.02 Å². The van der Waals surface area contributed by atoms with Gasteiger partial charge < -0.3 is 9.64 Å². The Kier molecular flexibility index (Phi) is 4.33. The Labute approximate surface area is 122 Å². The molecule has 0 spiro atoms. The number of hydrogen-bond acceptors (Lipinski definition) is 4. The zero-order valence-corrected chi connectivity index (χ0v) is 12.5. The van der Waals surface area contributed by atoms with E-state index in [1.807, 2.05) is 0 Å². The molecule has 1 aliphatic rings. The second kappa shape index (κ2) is 5.69. The number of rotatable bonds is 2. The van der Waals surface area contributed by atoms with Gasteiger partial charge >= 0.3 is 0 Å². The van der Waals surface area contributed by atoms with Crippen molar-refractivity contribution in [2.24, 2.45) is 5.14 Å². The molecule has 1 heterocycles.